The van der Waals surface area contributed by atoms with Crippen LogP contribution in [0.3, 0.4) is 0 Å². The van der Waals surface area contributed by atoms with Crippen molar-refractivity contribution in [2.45, 2.75) is 20.4 Å². The van der Waals surface area contributed by atoms with Crippen molar-refractivity contribution >= 4 is 28.8 Å². The molecule has 0 fully saturated rings. The lowest BCUT2D eigenvalue weighted by atomic mass is 10.2. The van der Waals surface area contributed by atoms with E-state index in [9.17, 15) is 9.18 Å². The van der Waals surface area contributed by atoms with Gasteiger partial charge >= 0.3 is 0 Å². The van der Waals surface area contributed by atoms with E-state index in [-0.39, 0.29) is 16.5 Å². The minimum atomic E-state index is -0.463. The summed E-state index contributed by atoms with van der Waals surface area (Å²) in [6.45, 7) is 4.21. The molecule has 0 aliphatic carbocycles. The van der Waals surface area contributed by atoms with Crippen molar-refractivity contribution < 1.29 is 9.18 Å². The van der Waals surface area contributed by atoms with Gasteiger partial charge in [0.2, 0.25) is 0 Å². The van der Waals surface area contributed by atoms with Crippen molar-refractivity contribution in [1.82, 2.24) is 10.3 Å². The lowest BCUT2D eigenvalue weighted by molar-refractivity contribution is 0.0951. The number of carbonyl (C=O) groups is 1. The van der Waals surface area contributed by atoms with Gasteiger partial charge in [-0.05, 0) is 32.0 Å². The van der Waals surface area contributed by atoms with E-state index in [2.05, 4.69) is 10.3 Å². The number of aromatic nitrogens is 1. The number of thiazole rings is 1. The Labute approximate surface area is 119 Å². The summed E-state index contributed by atoms with van der Waals surface area (Å²) in [5.41, 5.74) is 1.18. The Balaban J connectivity index is 2.07. The Morgan fingerprint density at radius 2 is 2.21 bits per heavy atom. The van der Waals surface area contributed by atoms with Gasteiger partial charge in [0, 0.05) is 4.88 Å². The summed E-state index contributed by atoms with van der Waals surface area (Å²) in [4.78, 5) is 17.2. The molecule has 0 spiro atoms. The van der Waals surface area contributed by atoms with Crippen molar-refractivity contribution in [3.8, 4) is 0 Å². The summed E-state index contributed by atoms with van der Waals surface area (Å²) in [7, 11) is 0. The van der Waals surface area contributed by atoms with Crippen LogP contribution in [0, 0.1) is 19.7 Å². The van der Waals surface area contributed by atoms with Crippen LogP contribution in [-0.2, 0) is 6.54 Å². The van der Waals surface area contributed by atoms with Crippen molar-refractivity contribution in [3.05, 3.63) is 50.2 Å². The molecule has 0 saturated carbocycles. The second-order valence-electron chi connectivity index (χ2n) is 4.05. The minimum Gasteiger partial charge on any atom is -0.347 e. The van der Waals surface area contributed by atoms with Crippen LogP contribution >= 0.6 is 22.9 Å². The number of carbonyl (C=O) groups excluding carboxylic acids is 1. The summed E-state index contributed by atoms with van der Waals surface area (Å²) < 4.78 is 12.9. The standard InChI is InChI=1S/C13H12ClFN2OS/c1-7-12(19-8(2)17-7)6-16-13(18)10-4-3-9(15)5-11(10)14/h3-5H,6H2,1-2H3,(H,16,18). The quantitative estimate of drug-likeness (QED) is 0.942. The van der Waals surface area contributed by atoms with E-state index < -0.39 is 5.82 Å². The minimum absolute atomic E-state index is 0.106. The molecule has 2 aromatic rings. The van der Waals surface area contributed by atoms with Gasteiger partial charge in [-0.3, -0.25) is 4.79 Å². The van der Waals surface area contributed by atoms with Gasteiger partial charge < -0.3 is 5.32 Å². The fourth-order valence-corrected chi connectivity index (χ4v) is 2.80. The third-order valence-corrected chi connectivity index (χ3v) is 3.97. The Hall–Kier alpha value is -1.46. The van der Waals surface area contributed by atoms with E-state index in [1.807, 2.05) is 13.8 Å². The van der Waals surface area contributed by atoms with E-state index in [4.69, 9.17) is 11.6 Å². The van der Waals surface area contributed by atoms with Crippen LogP contribution < -0.4 is 5.32 Å². The van der Waals surface area contributed by atoms with Crippen LogP contribution in [0.5, 0.6) is 0 Å². The molecule has 19 heavy (non-hydrogen) atoms. The van der Waals surface area contributed by atoms with Crippen molar-refractivity contribution in [2.75, 3.05) is 0 Å². The highest BCUT2D eigenvalue weighted by molar-refractivity contribution is 7.11. The van der Waals surface area contributed by atoms with Crippen molar-refractivity contribution in [2.24, 2.45) is 0 Å². The van der Waals surface area contributed by atoms with Crippen LogP contribution in [0.25, 0.3) is 0 Å². The zero-order valence-corrected chi connectivity index (χ0v) is 12.0. The number of rotatable bonds is 3. The summed E-state index contributed by atoms with van der Waals surface area (Å²) in [5, 5.41) is 3.82. The molecule has 1 aromatic carbocycles. The lowest BCUT2D eigenvalue weighted by Gasteiger charge is -2.06. The van der Waals surface area contributed by atoms with Gasteiger partial charge in [0.1, 0.15) is 5.82 Å². The van der Waals surface area contributed by atoms with Gasteiger partial charge in [0.05, 0.1) is 27.8 Å². The molecule has 0 atom stereocenters. The summed E-state index contributed by atoms with van der Waals surface area (Å²) >= 11 is 7.37. The maximum Gasteiger partial charge on any atom is 0.253 e. The molecule has 2 rings (SSSR count). The van der Waals surface area contributed by atoms with Crippen LogP contribution in [0.1, 0.15) is 25.9 Å². The Kier molecular flexibility index (Phi) is 4.17. The second kappa shape index (κ2) is 5.67. The highest BCUT2D eigenvalue weighted by Crippen LogP contribution is 2.19. The molecule has 6 heteroatoms. The molecule has 3 nitrogen and oxygen atoms in total. The molecule has 0 unspecified atom stereocenters. The molecule has 0 aliphatic heterocycles. The van der Waals surface area contributed by atoms with E-state index >= 15 is 0 Å². The van der Waals surface area contributed by atoms with Crippen LogP contribution in [-0.4, -0.2) is 10.9 Å². The molecular formula is C13H12ClFN2OS. The van der Waals surface area contributed by atoms with Crippen LogP contribution in [0.2, 0.25) is 5.02 Å². The maximum atomic E-state index is 12.9. The summed E-state index contributed by atoms with van der Waals surface area (Å²) in [6, 6.07) is 3.71. The first-order valence-electron chi connectivity index (χ1n) is 5.63. The molecule has 1 aromatic heterocycles. The zero-order valence-electron chi connectivity index (χ0n) is 10.5. The van der Waals surface area contributed by atoms with E-state index in [1.165, 1.54) is 23.5 Å². The van der Waals surface area contributed by atoms with Gasteiger partial charge in [-0.2, -0.15) is 0 Å². The van der Waals surface area contributed by atoms with Crippen LogP contribution in [0.4, 0.5) is 4.39 Å². The Morgan fingerprint density at radius 1 is 1.47 bits per heavy atom. The average Bonchev–Trinajstić information content (AvgIpc) is 2.65. The zero-order chi connectivity index (χ0) is 14.0. The van der Waals surface area contributed by atoms with E-state index in [1.54, 1.807) is 0 Å². The topological polar surface area (TPSA) is 42.0 Å². The fraction of sp³-hybridized carbons (Fsp3) is 0.231. The molecule has 0 radical (unpaired) electrons. The van der Waals surface area contributed by atoms with E-state index in [0.29, 0.717) is 6.54 Å². The number of amides is 1. The summed E-state index contributed by atoms with van der Waals surface area (Å²) in [5.74, 6) is -0.786. The molecule has 100 valence electrons. The highest BCUT2D eigenvalue weighted by atomic mass is 35.5. The number of nitrogens with one attached hydrogen (secondary N) is 1. The fourth-order valence-electron chi connectivity index (χ4n) is 1.67. The number of hydrogen-bond acceptors (Lipinski definition) is 3. The van der Waals surface area contributed by atoms with Gasteiger partial charge in [0.25, 0.3) is 5.91 Å². The average molecular weight is 299 g/mol. The van der Waals surface area contributed by atoms with Crippen molar-refractivity contribution in [1.29, 1.82) is 0 Å². The van der Waals surface area contributed by atoms with Crippen molar-refractivity contribution in [3.63, 3.8) is 0 Å². The number of aryl methyl sites for hydroxylation is 2. The van der Waals surface area contributed by atoms with Gasteiger partial charge in [-0.15, -0.1) is 11.3 Å². The SMILES string of the molecule is Cc1nc(C)c(CNC(=O)c2ccc(F)cc2Cl)s1. The first-order valence-corrected chi connectivity index (χ1v) is 6.83. The first-order chi connectivity index (χ1) is 8.97. The Morgan fingerprint density at radius 3 is 2.79 bits per heavy atom. The number of benzene rings is 1. The van der Waals surface area contributed by atoms with Gasteiger partial charge in [-0.25, -0.2) is 9.37 Å². The third kappa shape index (κ3) is 3.30. The maximum absolute atomic E-state index is 12.9. The molecule has 0 bridgehead atoms. The Bertz CT molecular complexity index is 627. The third-order valence-electron chi connectivity index (χ3n) is 2.58. The molecule has 1 amide bonds. The summed E-state index contributed by atoms with van der Waals surface area (Å²) in [6.07, 6.45) is 0. The lowest BCUT2D eigenvalue weighted by Crippen LogP contribution is -2.23. The van der Waals surface area contributed by atoms with Crippen LogP contribution in [0.15, 0.2) is 18.2 Å². The predicted molar refractivity (Wildman–Crippen MR) is 74.2 cm³/mol. The highest BCUT2D eigenvalue weighted by Gasteiger charge is 2.12. The monoisotopic (exact) mass is 298 g/mol. The molecule has 0 saturated heterocycles. The molecular weight excluding hydrogens is 287 g/mol. The second-order valence-corrected chi connectivity index (χ2v) is 5.74. The predicted octanol–water partition coefficient (Wildman–Crippen LogP) is 3.48. The normalized spacial score (nSPS) is 10.5. The van der Waals surface area contributed by atoms with Gasteiger partial charge in [0.15, 0.2) is 0 Å². The molecule has 1 N–H and O–H groups in total. The number of hydrogen-bond donors (Lipinski definition) is 1. The first kappa shape index (κ1) is 14.0. The van der Waals surface area contributed by atoms with Gasteiger partial charge in [-0.1, -0.05) is 11.6 Å². The smallest absolute Gasteiger partial charge is 0.253 e. The molecule has 1 heterocycles. The number of halogens is 2. The molecule has 0 aliphatic rings. The largest absolute Gasteiger partial charge is 0.347 e. The van der Waals surface area contributed by atoms with E-state index in [0.717, 1.165) is 21.6 Å². The number of nitrogens with zero attached hydrogens (tertiary/aromatic N) is 1.